The van der Waals surface area contributed by atoms with Crippen LogP contribution < -0.4 is 0 Å². The minimum absolute atomic E-state index is 0.398. The zero-order valence-electron chi connectivity index (χ0n) is 9.99. The van der Waals surface area contributed by atoms with E-state index in [1.54, 1.807) is 0 Å². The molecule has 0 aliphatic heterocycles. The number of aromatic hydroxyl groups is 1. The van der Waals surface area contributed by atoms with Gasteiger partial charge in [0.15, 0.2) is 0 Å². The van der Waals surface area contributed by atoms with E-state index in [0.717, 1.165) is 5.92 Å². The molecule has 4 atom stereocenters. The number of phenolic OH excluding ortho intramolecular Hbond substituents is 1. The molecular weight excluding hydrogens is 184 g/mol. The molecule has 0 aromatic heterocycles. The van der Waals surface area contributed by atoms with Gasteiger partial charge in [0.2, 0.25) is 0 Å². The maximum Gasteiger partial charge on any atom is 0.115 e. The van der Waals surface area contributed by atoms with Gasteiger partial charge in [0.1, 0.15) is 5.75 Å². The second-order valence-electron chi connectivity index (χ2n) is 5.11. The van der Waals surface area contributed by atoms with Crippen LogP contribution in [0.1, 0.15) is 50.7 Å². The highest BCUT2D eigenvalue weighted by Gasteiger charge is 2.33. The highest BCUT2D eigenvalue weighted by atomic mass is 16.3. The summed E-state index contributed by atoms with van der Waals surface area (Å²) in [4.78, 5) is 0. The van der Waals surface area contributed by atoms with E-state index < -0.39 is 0 Å². The van der Waals surface area contributed by atoms with Crippen LogP contribution in [0.5, 0.6) is 5.75 Å². The predicted molar refractivity (Wildman–Crippen MR) is 63.3 cm³/mol. The number of phenols is 1. The number of benzene rings is 1. The average Bonchev–Trinajstić information content (AvgIpc) is 2.23. The van der Waals surface area contributed by atoms with E-state index >= 15 is 0 Å². The van der Waals surface area contributed by atoms with Crippen LogP contribution in [0.15, 0.2) is 18.2 Å². The molecule has 1 aliphatic rings. The van der Waals surface area contributed by atoms with Gasteiger partial charge in [-0.25, -0.2) is 0 Å². The molecule has 1 heteroatoms. The van der Waals surface area contributed by atoms with Gasteiger partial charge in [0, 0.05) is 0 Å². The van der Waals surface area contributed by atoms with Crippen LogP contribution in [-0.2, 0) is 0 Å². The Hall–Kier alpha value is -0.980. The summed E-state index contributed by atoms with van der Waals surface area (Å²) in [5, 5.41) is 9.54. The van der Waals surface area contributed by atoms with Crippen LogP contribution >= 0.6 is 0 Å². The quantitative estimate of drug-likeness (QED) is 0.680. The third-order valence-electron chi connectivity index (χ3n) is 4.46. The summed E-state index contributed by atoms with van der Waals surface area (Å²) >= 11 is 0. The van der Waals surface area contributed by atoms with Crippen molar-refractivity contribution in [3.05, 3.63) is 29.3 Å². The first-order valence-electron chi connectivity index (χ1n) is 5.85. The van der Waals surface area contributed by atoms with Crippen molar-refractivity contribution in [2.24, 2.45) is 11.8 Å². The Kier molecular flexibility index (Phi) is 2.49. The smallest absolute Gasteiger partial charge is 0.115 e. The summed E-state index contributed by atoms with van der Waals surface area (Å²) in [6.45, 7) is 9.22. The minimum atomic E-state index is 0.398. The molecule has 0 heterocycles. The number of hydrogen-bond donors (Lipinski definition) is 1. The Morgan fingerprint density at radius 1 is 0.867 bits per heavy atom. The van der Waals surface area contributed by atoms with E-state index in [1.165, 1.54) is 11.1 Å². The second kappa shape index (κ2) is 3.55. The van der Waals surface area contributed by atoms with Crippen molar-refractivity contribution in [3.63, 3.8) is 0 Å². The van der Waals surface area contributed by atoms with Crippen molar-refractivity contribution in [2.45, 2.75) is 39.5 Å². The van der Waals surface area contributed by atoms with E-state index in [2.05, 4.69) is 33.8 Å². The average molecular weight is 204 g/mol. The lowest BCUT2D eigenvalue weighted by Gasteiger charge is -2.38. The molecule has 1 nitrogen and oxygen atoms in total. The first kappa shape index (κ1) is 10.5. The molecule has 2 rings (SSSR count). The third kappa shape index (κ3) is 1.54. The van der Waals surface area contributed by atoms with E-state index in [-0.39, 0.29) is 0 Å². The van der Waals surface area contributed by atoms with E-state index in [0.29, 0.717) is 23.5 Å². The van der Waals surface area contributed by atoms with Gasteiger partial charge in [0.05, 0.1) is 0 Å². The van der Waals surface area contributed by atoms with Crippen LogP contribution in [0.3, 0.4) is 0 Å². The molecule has 0 saturated heterocycles. The topological polar surface area (TPSA) is 20.2 Å². The summed E-state index contributed by atoms with van der Waals surface area (Å²) in [5.41, 5.74) is 2.76. The summed E-state index contributed by atoms with van der Waals surface area (Å²) in [7, 11) is 0. The molecule has 1 aliphatic carbocycles. The largest absolute Gasteiger partial charge is 0.508 e. The molecule has 1 aromatic rings. The van der Waals surface area contributed by atoms with E-state index in [1.807, 2.05) is 12.1 Å². The molecule has 0 saturated carbocycles. The lowest BCUT2D eigenvalue weighted by molar-refractivity contribution is 0.273. The Bertz CT molecular complexity index is 370. The number of fused-ring (bicyclic) bond motifs is 1. The summed E-state index contributed by atoms with van der Waals surface area (Å²) in [6.07, 6.45) is 0. The van der Waals surface area contributed by atoms with Gasteiger partial charge in [-0.2, -0.15) is 0 Å². The Morgan fingerprint density at radius 3 is 2.00 bits per heavy atom. The minimum Gasteiger partial charge on any atom is -0.508 e. The fraction of sp³-hybridized carbons (Fsp3) is 0.571. The van der Waals surface area contributed by atoms with Crippen LogP contribution in [0.25, 0.3) is 0 Å². The maximum atomic E-state index is 9.54. The lowest BCUT2D eigenvalue weighted by atomic mass is 9.66. The molecule has 0 radical (unpaired) electrons. The molecule has 82 valence electrons. The molecule has 0 spiro atoms. The Labute approximate surface area is 92.1 Å². The first-order valence-corrected chi connectivity index (χ1v) is 5.85. The summed E-state index contributed by atoms with van der Waals surface area (Å²) in [5.74, 6) is 2.96. The Balaban J connectivity index is 2.54. The highest BCUT2D eigenvalue weighted by Crippen LogP contribution is 2.46. The van der Waals surface area contributed by atoms with Crippen LogP contribution in [-0.4, -0.2) is 5.11 Å². The maximum absolute atomic E-state index is 9.54. The monoisotopic (exact) mass is 204 g/mol. The van der Waals surface area contributed by atoms with Crippen molar-refractivity contribution in [1.29, 1.82) is 0 Å². The summed E-state index contributed by atoms with van der Waals surface area (Å²) < 4.78 is 0. The third-order valence-corrected chi connectivity index (χ3v) is 4.46. The molecule has 1 aromatic carbocycles. The van der Waals surface area contributed by atoms with Gasteiger partial charge in [-0.15, -0.1) is 0 Å². The van der Waals surface area contributed by atoms with Gasteiger partial charge in [0.25, 0.3) is 0 Å². The normalized spacial score (nSPS) is 34.9. The number of rotatable bonds is 0. The first-order chi connectivity index (χ1) is 7.02. The van der Waals surface area contributed by atoms with Gasteiger partial charge in [-0.1, -0.05) is 33.8 Å². The predicted octanol–water partition coefficient (Wildman–Crippen LogP) is 3.89. The zero-order valence-corrected chi connectivity index (χ0v) is 9.99. The number of hydrogen-bond acceptors (Lipinski definition) is 1. The highest BCUT2D eigenvalue weighted by molar-refractivity contribution is 5.41. The fourth-order valence-corrected chi connectivity index (χ4v) is 2.85. The van der Waals surface area contributed by atoms with E-state index in [4.69, 9.17) is 0 Å². The Morgan fingerprint density at radius 2 is 1.40 bits per heavy atom. The SMILES string of the molecule is CC1c2ccc(O)cc2C(C)C(C)C1C. The van der Waals surface area contributed by atoms with Crippen molar-refractivity contribution in [2.75, 3.05) is 0 Å². The van der Waals surface area contributed by atoms with Crippen LogP contribution in [0.2, 0.25) is 0 Å². The fourth-order valence-electron chi connectivity index (χ4n) is 2.85. The molecule has 0 amide bonds. The molecule has 4 unspecified atom stereocenters. The molecule has 0 bridgehead atoms. The van der Waals surface area contributed by atoms with Gasteiger partial charge in [-0.3, -0.25) is 0 Å². The van der Waals surface area contributed by atoms with Gasteiger partial charge < -0.3 is 5.11 Å². The zero-order chi connectivity index (χ0) is 11.2. The molecule has 0 fully saturated rings. The molecular formula is C14H20O. The second-order valence-corrected chi connectivity index (χ2v) is 5.11. The van der Waals surface area contributed by atoms with Crippen LogP contribution in [0, 0.1) is 11.8 Å². The van der Waals surface area contributed by atoms with Crippen molar-refractivity contribution in [1.82, 2.24) is 0 Å². The summed E-state index contributed by atoms with van der Waals surface area (Å²) in [6, 6.07) is 5.85. The lowest BCUT2D eigenvalue weighted by Crippen LogP contribution is -2.27. The van der Waals surface area contributed by atoms with Gasteiger partial charge >= 0.3 is 0 Å². The van der Waals surface area contributed by atoms with Crippen LogP contribution in [0.4, 0.5) is 0 Å². The standard InChI is InChI=1S/C14H20O/c1-8-9(2)11(4)14-7-12(15)5-6-13(14)10(8)3/h5-11,15H,1-4H3. The van der Waals surface area contributed by atoms with E-state index in [9.17, 15) is 5.11 Å². The molecule has 1 N–H and O–H groups in total. The molecule has 15 heavy (non-hydrogen) atoms. The van der Waals surface area contributed by atoms with Crippen molar-refractivity contribution in [3.8, 4) is 5.75 Å². The van der Waals surface area contributed by atoms with Crippen molar-refractivity contribution < 1.29 is 5.11 Å². The van der Waals surface area contributed by atoms with Crippen molar-refractivity contribution >= 4 is 0 Å². The van der Waals surface area contributed by atoms with Gasteiger partial charge in [-0.05, 0) is 46.9 Å².